The van der Waals surface area contributed by atoms with Crippen LogP contribution in [0, 0.1) is 34.6 Å². The van der Waals surface area contributed by atoms with Gasteiger partial charge in [0.15, 0.2) is 0 Å². The summed E-state index contributed by atoms with van der Waals surface area (Å²) in [6.45, 7) is 9.66. The van der Waals surface area contributed by atoms with Gasteiger partial charge in [0, 0.05) is 0 Å². The molecule has 2 N–H and O–H groups in total. The van der Waals surface area contributed by atoms with Gasteiger partial charge in [-0.25, -0.2) is 8.42 Å². The molecule has 0 aliphatic rings. The first-order chi connectivity index (χ1) is 12.2. The van der Waals surface area contributed by atoms with Crippen LogP contribution in [0.25, 0.3) is 0 Å². The highest BCUT2D eigenvalue weighted by molar-refractivity contribution is 7.92. The van der Waals surface area contributed by atoms with Crippen molar-refractivity contribution in [1.82, 2.24) is 20.0 Å². The molecule has 0 radical (unpaired) electrons. The second-order valence-electron chi connectivity index (χ2n) is 6.50. The Balaban J connectivity index is 1.95. The van der Waals surface area contributed by atoms with Gasteiger partial charge >= 0.3 is 0 Å². The number of aromatic amines is 1. The van der Waals surface area contributed by atoms with Crippen molar-refractivity contribution in [3.8, 4) is 0 Å². The van der Waals surface area contributed by atoms with Crippen molar-refractivity contribution < 1.29 is 8.42 Å². The summed E-state index contributed by atoms with van der Waals surface area (Å²) in [5, 5.41) is 11.2. The molecule has 138 valence electrons. The number of rotatable bonds is 5. The van der Waals surface area contributed by atoms with Gasteiger partial charge in [-0.05, 0) is 45.7 Å². The normalized spacial score (nSPS) is 11.7. The maximum absolute atomic E-state index is 12.8. The number of H-pyrrole nitrogens is 1. The molecular weight excluding hydrogens is 350 g/mol. The van der Waals surface area contributed by atoms with Gasteiger partial charge < -0.3 is 0 Å². The monoisotopic (exact) mass is 373 g/mol. The van der Waals surface area contributed by atoms with E-state index in [2.05, 4.69) is 33.0 Å². The number of nitrogens with one attached hydrogen (secondary N) is 2. The summed E-state index contributed by atoms with van der Waals surface area (Å²) in [5.74, 6) is 0. The summed E-state index contributed by atoms with van der Waals surface area (Å²) >= 11 is 0. The minimum absolute atomic E-state index is 0.183. The molecule has 0 saturated carbocycles. The first-order valence-corrected chi connectivity index (χ1v) is 9.82. The molecule has 1 aromatic carbocycles. The van der Waals surface area contributed by atoms with Crippen LogP contribution in [-0.4, -0.2) is 28.4 Å². The molecule has 2 aromatic heterocycles. The lowest BCUT2D eigenvalue weighted by molar-refractivity contribution is 0.600. The fourth-order valence-electron chi connectivity index (χ4n) is 3.07. The summed E-state index contributed by atoms with van der Waals surface area (Å²) in [5.41, 5.74) is 5.20. The second kappa shape index (κ2) is 6.60. The topological polar surface area (TPSA) is 92.7 Å². The number of nitrogens with zero attached hydrogens (tertiary/aromatic N) is 3. The van der Waals surface area contributed by atoms with E-state index in [1.165, 1.54) is 5.56 Å². The average molecular weight is 373 g/mol. The van der Waals surface area contributed by atoms with Crippen molar-refractivity contribution in [1.29, 1.82) is 0 Å². The van der Waals surface area contributed by atoms with E-state index in [-0.39, 0.29) is 4.90 Å². The molecule has 2 heterocycles. The molecule has 0 amide bonds. The van der Waals surface area contributed by atoms with Crippen molar-refractivity contribution in [3.05, 3.63) is 58.2 Å². The molecule has 7 nitrogen and oxygen atoms in total. The van der Waals surface area contributed by atoms with Crippen LogP contribution in [0.2, 0.25) is 0 Å². The quantitative estimate of drug-likeness (QED) is 0.719. The first-order valence-electron chi connectivity index (χ1n) is 8.33. The molecule has 3 aromatic rings. The number of benzene rings is 1. The molecule has 3 rings (SSSR count). The molecule has 0 aliphatic carbocycles. The van der Waals surface area contributed by atoms with Crippen LogP contribution < -0.4 is 4.72 Å². The largest absolute Gasteiger partial charge is 0.281 e. The predicted octanol–water partition coefficient (Wildman–Crippen LogP) is 3.00. The van der Waals surface area contributed by atoms with E-state index in [1.54, 1.807) is 20.8 Å². The lowest BCUT2D eigenvalue weighted by Gasteiger charge is -2.10. The van der Waals surface area contributed by atoms with Crippen molar-refractivity contribution in [3.63, 3.8) is 0 Å². The zero-order valence-corrected chi connectivity index (χ0v) is 16.4. The Morgan fingerprint density at radius 3 is 2.38 bits per heavy atom. The van der Waals surface area contributed by atoms with Gasteiger partial charge in [-0.15, -0.1) is 0 Å². The lowest BCUT2D eigenvalue weighted by atomic mass is 10.1. The van der Waals surface area contributed by atoms with Crippen LogP contribution in [0.4, 0.5) is 5.69 Å². The molecule has 0 bridgehead atoms. The maximum Gasteiger partial charge on any atom is 0.265 e. The molecule has 0 atom stereocenters. The van der Waals surface area contributed by atoms with Crippen molar-refractivity contribution >= 4 is 15.7 Å². The molecule has 0 fully saturated rings. The molecule has 0 spiro atoms. The molecular formula is C18H23N5O2S. The molecule has 0 unspecified atom stereocenters. The second-order valence-corrected chi connectivity index (χ2v) is 8.12. The number of aromatic nitrogens is 4. The zero-order chi connectivity index (χ0) is 19.1. The number of anilines is 1. The summed E-state index contributed by atoms with van der Waals surface area (Å²) < 4.78 is 30.2. The highest BCUT2D eigenvalue weighted by atomic mass is 32.2. The fourth-order valence-corrected chi connectivity index (χ4v) is 4.62. The smallest absolute Gasteiger partial charge is 0.265 e. The molecule has 26 heavy (non-hydrogen) atoms. The van der Waals surface area contributed by atoms with E-state index < -0.39 is 10.0 Å². The highest BCUT2D eigenvalue weighted by Crippen LogP contribution is 2.26. The average Bonchev–Trinajstić information content (AvgIpc) is 3.04. The van der Waals surface area contributed by atoms with Crippen LogP contribution >= 0.6 is 0 Å². The van der Waals surface area contributed by atoms with Crippen molar-refractivity contribution in [2.75, 3.05) is 4.72 Å². The minimum Gasteiger partial charge on any atom is -0.281 e. The van der Waals surface area contributed by atoms with Gasteiger partial charge in [0.1, 0.15) is 4.90 Å². The van der Waals surface area contributed by atoms with E-state index in [4.69, 9.17) is 0 Å². The molecule has 0 aliphatic heterocycles. The van der Waals surface area contributed by atoms with Gasteiger partial charge in [-0.1, -0.05) is 24.3 Å². The number of sulfonamides is 1. The van der Waals surface area contributed by atoms with Crippen molar-refractivity contribution in [2.45, 2.75) is 46.1 Å². The summed E-state index contributed by atoms with van der Waals surface area (Å²) in [7, 11) is -3.74. The molecule has 0 saturated heterocycles. The minimum atomic E-state index is -3.74. The zero-order valence-electron chi connectivity index (χ0n) is 15.6. The third-order valence-corrected chi connectivity index (χ3v) is 6.14. The lowest BCUT2D eigenvalue weighted by Crippen LogP contribution is -2.16. The Morgan fingerprint density at radius 1 is 1.08 bits per heavy atom. The Kier molecular flexibility index (Phi) is 4.62. The van der Waals surface area contributed by atoms with Crippen LogP contribution in [-0.2, 0) is 16.6 Å². The summed E-state index contributed by atoms with van der Waals surface area (Å²) in [4.78, 5) is 0.183. The van der Waals surface area contributed by atoms with E-state index in [0.29, 0.717) is 29.3 Å². The number of hydrogen-bond acceptors (Lipinski definition) is 4. The van der Waals surface area contributed by atoms with Gasteiger partial charge in [0.05, 0.1) is 35.0 Å². The van der Waals surface area contributed by atoms with E-state index >= 15 is 0 Å². The summed E-state index contributed by atoms with van der Waals surface area (Å²) in [6.07, 6.45) is 0. The van der Waals surface area contributed by atoms with Gasteiger partial charge in [-0.3, -0.25) is 14.5 Å². The maximum atomic E-state index is 12.8. The predicted molar refractivity (Wildman–Crippen MR) is 101 cm³/mol. The van der Waals surface area contributed by atoms with E-state index in [0.717, 1.165) is 11.3 Å². The summed E-state index contributed by atoms with van der Waals surface area (Å²) in [6, 6.07) is 8.08. The number of hydrogen-bond donors (Lipinski definition) is 2. The van der Waals surface area contributed by atoms with Crippen LogP contribution in [0.15, 0.2) is 29.2 Å². The number of aryl methyl sites for hydroxylation is 4. The first kappa shape index (κ1) is 18.2. The van der Waals surface area contributed by atoms with Gasteiger partial charge in [-0.2, -0.15) is 10.2 Å². The van der Waals surface area contributed by atoms with Gasteiger partial charge in [0.25, 0.3) is 10.0 Å². The Hall–Kier alpha value is -2.61. The Labute approximate surface area is 153 Å². The SMILES string of the molecule is Cc1ccccc1Cn1nc(C)c(NS(=O)(=O)c2c(C)n[nH]c2C)c1C. The third-order valence-electron chi connectivity index (χ3n) is 4.53. The van der Waals surface area contributed by atoms with Crippen LogP contribution in [0.3, 0.4) is 0 Å². The fraction of sp³-hybridized carbons (Fsp3) is 0.333. The molecule has 8 heteroatoms. The Bertz CT molecular complexity index is 1040. The van der Waals surface area contributed by atoms with E-state index in [1.807, 2.05) is 29.8 Å². The Morgan fingerprint density at radius 2 is 1.77 bits per heavy atom. The van der Waals surface area contributed by atoms with Crippen LogP contribution in [0.5, 0.6) is 0 Å². The standard InChI is InChI=1S/C18H23N5O2S/c1-11-8-6-7-9-16(11)10-23-15(5)17(12(2)21-23)22-26(24,25)18-13(3)19-20-14(18)4/h6-9,22H,10H2,1-5H3,(H,19,20). The highest BCUT2D eigenvalue weighted by Gasteiger charge is 2.25. The van der Waals surface area contributed by atoms with Crippen molar-refractivity contribution in [2.24, 2.45) is 0 Å². The van der Waals surface area contributed by atoms with Crippen LogP contribution in [0.1, 0.15) is 33.9 Å². The third kappa shape index (κ3) is 3.24. The van der Waals surface area contributed by atoms with E-state index in [9.17, 15) is 8.42 Å². The van der Waals surface area contributed by atoms with Gasteiger partial charge in [0.2, 0.25) is 0 Å².